The van der Waals surface area contributed by atoms with E-state index in [9.17, 15) is 0 Å². The third-order valence-electron chi connectivity index (χ3n) is 6.08. The summed E-state index contributed by atoms with van der Waals surface area (Å²) in [6, 6.07) is 30.6. The zero-order valence-electron chi connectivity index (χ0n) is 16.1. The van der Waals surface area contributed by atoms with Crippen LogP contribution in [-0.2, 0) is 12.8 Å². The van der Waals surface area contributed by atoms with Gasteiger partial charge in [-0.3, -0.25) is 0 Å². The molecule has 1 atom stereocenters. The third-order valence-corrected chi connectivity index (χ3v) is 6.08. The van der Waals surface area contributed by atoms with Gasteiger partial charge in [0, 0.05) is 42.1 Å². The highest BCUT2D eigenvalue weighted by Crippen LogP contribution is 2.35. The first-order valence-corrected chi connectivity index (χ1v) is 10.3. The molecule has 1 aromatic heterocycles. The smallest absolute Gasteiger partial charge is 0.0459 e. The summed E-state index contributed by atoms with van der Waals surface area (Å²) < 4.78 is 0. The summed E-state index contributed by atoms with van der Waals surface area (Å²) in [5.74, 6) is 0.391. The van der Waals surface area contributed by atoms with Crippen molar-refractivity contribution in [3.63, 3.8) is 0 Å². The molecule has 1 aliphatic heterocycles. The van der Waals surface area contributed by atoms with Crippen LogP contribution < -0.4 is 0 Å². The van der Waals surface area contributed by atoms with Crippen LogP contribution in [0.4, 0.5) is 0 Å². The fourth-order valence-electron chi connectivity index (χ4n) is 4.59. The van der Waals surface area contributed by atoms with Gasteiger partial charge in [0.2, 0.25) is 0 Å². The number of para-hydroxylation sites is 1. The van der Waals surface area contributed by atoms with Crippen LogP contribution in [0.25, 0.3) is 10.9 Å². The van der Waals surface area contributed by atoms with E-state index in [1.54, 1.807) is 0 Å². The van der Waals surface area contributed by atoms with Gasteiger partial charge < -0.3 is 9.88 Å². The Bertz CT molecular complexity index is 1050. The molecule has 0 radical (unpaired) electrons. The Labute approximate surface area is 166 Å². The molecule has 0 saturated carbocycles. The van der Waals surface area contributed by atoms with Crippen LogP contribution >= 0.6 is 0 Å². The molecule has 2 heterocycles. The molecular formula is C26H26N2. The van der Waals surface area contributed by atoms with E-state index in [0.717, 1.165) is 32.5 Å². The number of aromatic nitrogens is 1. The van der Waals surface area contributed by atoms with Gasteiger partial charge in [-0.2, -0.15) is 0 Å². The maximum atomic E-state index is 3.77. The number of nitrogens with one attached hydrogen (secondary N) is 1. The summed E-state index contributed by atoms with van der Waals surface area (Å²) >= 11 is 0. The van der Waals surface area contributed by atoms with Crippen molar-refractivity contribution in [2.45, 2.75) is 18.8 Å². The van der Waals surface area contributed by atoms with Crippen LogP contribution in [0.1, 0.15) is 28.3 Å². The van der Waals surface area contributed by atoms with Crippen molar-refractivity contribution >= 4 is 10.9 Å². The summed E-state index contributed by atoms with van der Waals surface area (Å²) in [6.07, 6.45) is 2.22. The number of benzene rings is 3. The first kappa shape index (κ1) is 17.3. The summed E-state index contributed by atoms with van der Waals surface area (Å²) in [7, 11) is 0. The Kier molecular flexibility index (Phi) is 4.72. The monoisotopic (exact) mass is 366 g/mol. The van der Waals surface area contributed by atoms with Crippen molar-refractivity contribution in [2.75, 3.05) is 19.6 Å². The Morgan fingerprint density at radius 3 is 2.36 bits per heavy atom. The first-order chi connectivity index (χ1) is 13.9. The van der Waals surface area contributed by atoms with Gasteiger partial charge in [-0.15, -0.1) is 0 Å². The van der Waals surface area contributed by atoms with Crippen molar-refractivity contribution in [3.8, 4) is 0 Å². The van der Waals surface area contributed by atoms with Crippen LogP contribution in [0.15, 0.2) is 84.9 Å². The van der Waals surface area contributed by atoms with Crippen LogP contribution in [-0.4, -0.2) is 29.5 Å². The quantitative estimate of drug-likeness (QED) is 0.512. The SMILES string of the molecule is c1ccc(CCN2CCc3c([nH]c4ccccc34)C(c3ccccc3)C2)cc1. The minimum Gasteiger partial charge on any atom is -0.358 e. The largest absolute Gasteiger partial charge is 0.358 e. The lowest BCUT2D eigenvalue weighted by Crippen LogP contribution is -2.31. The fraction of sp³-hybridized carbons (Fsp3) is 0.231. The number of rotatable bonds is 4. The zero-order chi connectivity index (χ0) is 18.8. The molecule has 0 spiro atoms. The number of H-pyrrole nitrogens is 1. The number of hydrogen-bond donors (Lipinski definition) is 1. The van der Waals surface area contributed by atoms with E-state index in [-0.39, 0.29) is 0 Å². The van der Waals surface area contributed by atoms with Crippen LogP contribution in [0.3, 0.4) is 0 Å². The van der Waals surface area contributed by atoms with Gasteiger partial charge >= 0.3 is 0 Å². The number of aromatic amines is 1. The predicted octanol–water partition coefficient (Wildman–Crippen LogP) is 5.40. The third kappa shape index (κ3) is 3.36. The molecule has 1 unspecified atom stereocenters. The highest BCUT2D eigenvalue weighted by atomic mass is 15.1. The Hall–Kier alpha value is -2.84. The molecule has 0 fully saturated rings. The van der Waals surface area contributed by atoms with Gasteiger partial charge in [0.25, 0.3) is 0 Å². The van der Waals surface area contributed by atoms with Gasteiger partial charge in [-0.05, 0) is 35.6 Å². The molecule has 1 aliphatic rings. The molecule has 1 N–H and O–H groups in total. The van der Waals surface area contributed by atoms with Crippen molar-refractivity contribution in [2.24, 2.45) is 0 Å². The van der Waals surface area contributed by atoms with E-state index in [1.807, 2.05) is 0 Å². The van der Waals surface area contributed by atoms with Gasteiger partial charge in [-0.1, -0.05) is 78.9 Å². The highest BCUT2D eigenvalue weighted by Gasteiger charge is 2.27. The summed E-state index contributed by atoms with van der Waals surface area (Å²) in [6.45, 7) is 3.29. The number of hydrogen-bond acceptors (Lipinski definition) is 1. The van der Waals surface area contributed by atoms with E-state index < -0.39 is 0 Å². The maximum absolute atomic E-state index is 3.77. The second kappa shape index (κ2) is 7.65. The Morgan fingerprint density at radius 1 is 0.821 bits per heavy atom. The lowest BCUT2D eigenvalue weighted by atomic mass is 9.92. The Morgan fingerprint density at radius 2 is 1.54 bits per heavy atom. The van der Waals surface area contributed by atoms with Crippen LogP contribution in [0, 0.1) is 0 Å². The standard InChI is InChI=1S/C26H26N2/c1-3-9-20(10-4-1)15-17-28-18-16-23-22-13-7-8-14-25(22)27-26(23)24(19-28)21-11-5-2-6-12-21/h1-14,24,27H,15-19H2. The summed E-state index contributed by atoms with van der Waals surface area (Å²) in [5, 5.41) is 1.39. The second-order valence-electron chi connectivity index (χ2n) is 7.81. The molecule has 5 rings (SSSR count). The second-order valence-corrected chi connectivity index (χ2v) is 7.81. The van der Waals surface area contributed by atoms with E-state index >= 15 is 0 Å². The molecule has 0 bridgehead atoms. The fourth-order valence-corrected chi connectivity index (χ4v) is 4.59. The molecule has 0 amide bonds. The van der Waals surface area contributed by atoms with Crippen LogP contribution in [0.2, 0.25) is 0 Å². The molecule has 4 aromatic rings. The molecule has 0 saturated heterocycles. The van der Waals surface area contributed by atoms with Gasteiger partial charge in [0.1, 0.15) is 0 Å². The van der Waals surface area contributed by atoms with E-state index in [0.29, 0.717) is 5.92 Å². The van der Waals surface area contributed by atoms with Crippen molar-refractivity contribution in [1.29, 1.82) is 0 Å². The lowest BCUT2D eigenvalue weighted by molar-refractivity contribution is 0.279. The maximum Gasteiger partial charge on any atom is 0.0459 e. The van der Waals surface area contributed by atoms with Gasteiger partial charge in [0.05, 0.1) is 0 Å². The molecule has 2 nitrogen and oxygen atoms in total. The van der Waals surface area contributed by atoms with Crippen LogP contribution in [0.5, 0.6) is 0 Å². The van der Waals surface area contributed by atoms with E-state index in [2.05, 4.69) is 94.8 Å². The zero-order valence-corrected chi connectivity index (χ0v) is 16.1. The van der Waals surface area contributed by atoms with Crippen molar-refractivity contribution < 1.29 is 0 Å². The number of nitrogens with zero attached hydrogens (tertiary/aromatic N) is 1. The van der Waals surface area contributed by atoms with Gasteiger partial charge in [0.15, 0.2) is 0 Å². The van der Waals surface area contributed by atoms with Gasteiger partial charge in [-0.25, -0.2) is 0 Å². The first-order valence-electron chi connectivity index (χ1n) is 10.3. The Balaban J connectivity index is 1.48. The summed E-state index contributed by atoms with van der Waals surface area (Å²) in [5.41, 5.74) is 7.02. The molecule has 28 heavy (non-hydrogen) atoms. The minimum absolute atomic E-state index is 0.391. The molecular weight excluding hydrogens is 340 g/mol. The molecule has 3 aromatic carbocycles. The average Bonchev–Trinajstić information content (AvgIpc) is 3.03. The number of fused-ring (bicyclic) bond motifs is 3. The van der Waals surface area contributed by atoms with E-state index in [4.69, 9.17) is 0 Å². The predicted molar refractivity (Wildman–Crippen MR) is 117 cm³/mol. The highest BCUT2D eigenvalue weighted by molar-refractivity contribution is 5.85. The average molecular weight is 367 g/mol. The normalized spacial score (nSPS) is 17.4. The van der Waals surface area contributed by atoms with E-state index in [1.165, 1.54) is 33.3 Å². The summed E-state index contributed by atoms with van der Waals surface area (Å²) in [4.78, 5) is 6.42. The topological polar surface area (TPSA) is 19.0 Å². The molecule has 2 heteroatoms. The van der Waals surface area contributed by atoms with Crippen molar-refractivity contribution in [1.82, 2.24) is 9.88 Å². The molecule has 140 valence electrons. The lowest BCUT2D eigenvalue weighted by Gasteiger charge is -2.25. The molecule has 0 aliphatic carbocycles. The van der Waals surface area contributed by atoms with Crippen molar-refractivity contribution in [3.05, 3.63) is 107 Å². The minimum atomic E-state index is 0.391.